The third kappa shape index (κ3) is 2.32. The minimum Gasteiger partial charge on any atom is -0.316 e. The summed E-state index contributed by atoms with van der Waals surface area (Å²) in [5.41, 5.74) is 2.52. The van der Waals surface area contributed by atoms with Crippen molar-refractivity contribution in [3.63, 3.8) is 0 Å². The fraction of sp³-hybridized carbons (Fsp3) is 0.583. The first-order valence-electron chi connectivity index (χ1n) is 5.38. The predicted octanol–water partition coefficient (Wildman–Crippen LogP) is 1.93. The monoisotopic (exact) mass is 190 g/mol. The van der Waals surface area contributed by atoms with Crippen LogP contribution < -0.4 is 5.32 Å². The van der Waals surface area contributed by atoms with Crippen LogP contribution in [-0.4, -0.2) is 18.1 Å². The lowest BCUT2D eigenvalue weighted by molar-refractivity contribution is 0.495. The Hall–Kier alpha value is -0.890. The second kappa shape index (κ2) is 4.09. The average Bonchev–Trinajstić information content (AvgIpc) is 2.97. The Morgan fingerprint density at radius 2 is 2.36 bits per heavy atom. The first kappa shape index (κ1) is 9.66. The molecule has 1 unspecified atom stereocenters. The second-order valence-corrected chi connectivity index (χ2v) is 4.26. The largest absolute Gasteiger partial charge is 0.316 e. The van der Waals surface area contributed by atoms with Crippen molar-refractivity contribution in [1.82, 2.24) is 10.3 Å². The molecule has 0 spiro atoms. The van der Waals surface area contributed by atoms with Crippen molar-refractivity contribution in [1.29, 1.82) is 0 Å². The van der Waals surface area contributed by atoms with Gasteiger partial charge in [-0.25, -0.2) is 0 Å². The van der Waals surface area contributed by atoms with Crippen LogP contribution in [0.25, 0.3) is 0 Å². The van der Waals surface area contributed by atoms with Crippen LogP contribution in [-0.2, 0) is 6.42 Å². The summed E-state index contributed by atoms with van der Waals surface area (Å²) in [6.07, 6.45) is 5.75. The molecular weight excluding hydrogens is 172 g/mol. The number of nitrogens with zero attached hydrogens (tertiary/aromatic N) is 1. The number of rotatable bonds is 4. The maximum Gasteiger partial charge on any atom is 0.0421 e. The molecule has 1 saturated carbocycles. The zero-order valence-electron chi connectivity index (χ0n) is 8.96. The lowest BCUT2D eigenvalue weighted by Gasteiger charge is -2.14. The van der Waals surface area contributed by atoms with Crippen LogP contribution in [0.3, 0.4) is 0 Å². The normalized spacial score (nSPS) is 18.1. The maximum atomic E-state index is 4.40. The summed E-state index contributed by atoms with van der Waals surface area (Å²) >= 11 is 0. The highest BCUT2D eigenvalue weighted by Crippen LogP contribution is 2.33. The third-order valence-electron chi connectivity index (χ3n) is 2.96. The lowest BCUT2D eigenvalue weighted by Crippen LogP contribution is -2.29. The Kier molecular flexibility index (Phi) is 2.82. The van der Waals surface area contributed by atoms with Crippen molar-refractivity contribution in [2.24, 2.45) is 5.92 Å². The highest BCUT2D eigenvalue weighted by Gasteiger charge is 2.30. The van der Waals surface area contributed by atoms with Gasteiger partial charge in [0, 0.05) is 24.4 Å². The van der Waals surface area contributed by atoms with Gasteiger partial charge in [-0.3, -0.25) is 4.98 Å². The lowest BCUT2D eigenvalue weighted by atomic mass is 10.1. The Labute approximate surface area is 85.7 Å². The van der Waals surface area contributed by atoms with E-state index in [1.807, 2.05) is 6.20 Å². The highest BCUT2D eigenvalue weighted by molar-refractivity contribution is 5.15. The molecule has 1 aliphatic carbocycles. The molecular formula is C12H18N2. The summed E-state index contributed by atoms with van der Waals surface area (Å²) < 4.78 is 0. The molecule has 1 aliphatic rings. The van der Waals surface area contributed by atoms with Crippen molar-refractivity contribution < 1.29 is 0 Å². The Morgan fingerprint density at radius 3 is 2.93 bits per heavy atom. The van der Waals surface area contributed by atoms with Crippen molar-refractivity contribution >= 4 is 0 Å². The predicted molar refractivity (Wildman–Crippen MR) is 58.2 cm³/mol. The molecule has 0 saturated heterocycles. The molecule has 1 N–H and O–H groups in total. The first-order valence-corrected chi connectivity index (χ1v) is 5.38. The van der Waals surface area contributed by atoms with Crippen LogP contribution in [0.15, 0.2) is 18.3 Å². The van der Waals surface area contributed by atoms with Crippen LogP contribution in [0.5, 0.6) is 0 Å². The molecule has 14 heavy (non-hydrogen) atoms. The topological polar surface area (TPSA) is 24.9 Å². The molecule has 2 nitrogen and oxygen atoms in total. The Morgan fingerprint density at radius 1 is 1.57 bits per heavy atom. The van der Waals surface area contributed by atoms with Gasteiger partial charge < -0.3 is 5.32 Å². The Bertz CT molecular complexity index is 305. The average molecular weight is 190 g/mol. The number of aryl methyl sites for hydroxylation is 1. The minimum absolute atomic E-state index is 0.629. The number of nitrogens with one attached hydrogen (secondary N) is 1. The SMILES string of the molecule is CNC(Cc1cc(C)ccn1)C1CC1. The van der Waals surface area contributed by atoms with Gasteiger partial charge in [0.2, 0.25) is 0 Å². The van der Waals surface area contributed by atoms with Crippen LogP contribution in [0.1, 0.15) is 24.1 Å². The van der Waals surface area contributed by atoms with Gasteiger partial charge in [-0.1, -0.05) is 0 Å². The van der Waals surface area contributed by atoms with Gasteiger partial charge in [-0.15, -0.1) is 0 Å². The van der Waals surface area contributed by atoms with Crippen molar-refractivity contribution in [2.45, 2.75) is 32.2 Å². The van der Waals surface area contributed by atoms with Gasteiger partial charge in [0.05, 0.1) is 0 Å². The summed E-state index contributed by atoms with van der Waals surface area (Å²) in [5, 5.41) is 3.39. The third-order valence-corrected chi connectivity index (χ3v) is 2.96. The second-order valence-electron chi connectivity index (χ2n) is 4.26. The van der Waals surface area contributed by atoms with Crippen LogP contribution >= 0.6 is 0 Å². The van der Waals surface area contributed by atoms with Gasteiger partial charge in [-0.05, 0) is 50.4 Å². The Balaban J connectivity index is 2.01. The van der Waals surface area contributed by atoms with E-state index in [0.717, 1.165) is 12.3 Å². The molecule has 1 aromatic rings. The fourth-order valence-corrected chi connectivity index (χ4v) is 1.94. The molecule has 0 bridgehead atoms. The summed E-state index contributed by atoms with van der Waals surface area (Å²) in [5.74, 6) is 0.891. The van der Waals surface area contributed by atoms with Gasteiger partial charge in [0.15, 0.2) is 0 Å². The maximum absolute atomic E-state index is 4.40. The van der Waals surface area contributed by atoms with Gasteiger partial charge in [0.25, 0.3) is 0 Å². The molecule has 2 heteroatoms. The van der Waals surface area contributed by atoms with Gasteiger partial charge in [-0.2, -0.15) is 0 Å². The van der Waals surface area contributed by atoms with E-state index in [9.17, 15) is 0 Å². The molecule has 0 amide bonds. The zero-order valence-corrected chi connectivity index (χ0v) is 8.96. The number of aromatic nitrogens is 1. The van der Waals surface area contributed by atoms with E-state index >= 15 is 0 Å². The smallest absolute Gasteiger partial charge is 0.0421 e. The van der Waals surface area contributed by atoms with E-state index in [2.05, 4.69) is 36.4 Å². The molecule has 1 atom stereocenters. The van der Waals surface area contributed by atoms with E-state index in [0.29, 0.717) is 6.04 Å². The number of pyridine rings is 1. The van der Waals surface area contributed by atoms with Crippen LogP contribution in [0.4, 0.5) is 0 Å². The van der Waals surface area contributed by atoms with Crippen molar-refractivity contribution in [3.05, 3.63) is 29.6 Å². The molecule has 0 aliphatic heterocycles. The van der Waals surface area contributed by atoms with Crippen LogP contribution in [0.2, 0.25) is 0 Å². The number of hydrogen-bond acceptors (Lipinski definition) is 2. The number of likely N-dealkylation sites (N-methyl/N-ethyl adjacent to an activating group) is 1. The molecule has 1 heterocycles. The molecule has 76 valence electrons. The highest BCUT2D eigenvalue weighted by atomic mass is 14.9. The molecule has 0 radical (unpaired) electrons. The fourth-order valence-electron chi connectivity index (χ4n) is 1.94. The van der Waals surface area contributed by atoms with E-state index in [4.69, 9.17) is 0 Å². The summed E-state index contributed by atoms with van der Waals surface area (Å²) in [6, 6.07) is 4.87. The summed E-state index contributed by atoms with van der Waals surface area (Å²) in [4.78, 5) is 4.40. The first-order chi connectivity index (χ1) is 6.79. The summed E-state index contributed by atoms with van der Waals surface area (Å²) in [7, 11) is 2.05. The summed E-state index contributed by atoms with van der Waals surface area (Å²) in [6.45, 7) is 2.12. The minimum atomic E-state index is 0.629. The van der Waals surface area contributed by atoms with Crippen LogP contribution in [0, 0.1) is 12.8 Å². The molecule has 1 fully saturated rings. The van der Waals surface area contributed by atoms with E-state index < -0.39 is 0 Å². The van der Waals surface area contributed by atoms with E-state index in [-0.39, 0.29) is 0 Å². The zero-order chi connectivity index (χ0) is 9.97. The van der Waals surface area contributed by atoms with Gasteiger partial charge >= 0.3 is 0 Å². The molecule has 0 aromatic carbocycles. The molecule has 1 aromatic heterocycles. The standard InChI is InChI=1S/C12H18N2/c1-9-5-6-14-11(7-9)8-12(13-2)10-3-4-10/h5-7,10,12-13H,3-4,8H2,1-2H3. The quantitative estimate of drug-likeness (QED) is 0.784. The van der Waals surface area contributed by atoms with E-state index in [1.165, 1.54) is 24.1 Å². The van der Waals surface area contributed by atoms with Crippen molar-refractivity contribution in [3.8, 4) is 0 Å². The van der Waals surface area contributed by atoms with E-state index in [1.54, 1.807) is 0 Å². The van der Waals surface area contributed by atoms with Gasteiger partial charge in [0.1, 0.15) is 0 Å². The van der Waals surface area contributed by atoms with Crippen molar-refractivity contribution in [2.75, 3.05) is 7.05 Å². The number of hydrogen-bond donors (Lipinski definition) is 1. The molecule has 2 rings (SSSR count).